The number of allylic oxidation sites excluding steroid dienone is 1. The van der Waals surface area contributed by atoms with E-state index in [4.69, 9.17) is 4.42 Å². The summed E-state index contributed by atoms with van der Waals surface area (Å²) in [4.78, 5) is 8.82. The van der Waals surface area contributed by atoms with E-state index in [-0.39, 0.29) is 0 Å². The zero-order valence-corrected chi connectivity index (χ0v) is 16.8. The van der Waals surface area contributed by atoms with Crippen molar-refractivity contribution in [3.8, 4) is 0 Å². The molecule has 0 bridgehead atoms. The van der Waals surface area contributed by atoms with Crippen LogP contribution >= 0.6 is 0 Å². The Bertz CT molecular complexity index is 709. The fourth-order valence-electron chi connectivity index (χ4n) is 3.04. The Labute approximate surface area is 163 Å². The molecule has 2 aromatic rings. The van der Waals surface area contributed by atoms with Gasteiger partial charge in [0.25, 0.3) is 0 Å². The van der Waals surface area contributed by atoms with Gasteiger partial charge in [0, 0.05) is 33.7 Å². The SMILES string of the molecule is C=CCCCN(C)C(=NC)NCc1ccccc1CN(C)Cc1ccco1. The van der Waals surface area contributed by atoms with E-state index in [2.05, 4.69) is 65.0 Å². The Morgan fingerprint density at radius 1 is 1.15 bits per heavy atom. The molecule has 0 fully saturated rings. The van der Waals surface area contributed by atoms with Gasteiger partial charge < -0.3 is 14.6 Å². The van der Waals surface area contributed by atoms with Crippen molar-refractivity contribution in [2.24, 2.45) is 4.99 Å². The average molecular weight is 369 g/mol. The highest BCUT2D eigenvalue weighted by atomic mass is 16.3. The molecule has 1 heterocycles. The maximum Gasteiger partial charge on any atom is 0.193 e. The van der Waals surface area contributed by atoms with E-state index in [9.17, 15) is 0 Å². The van der Waals surface area contributed by atoms with Gasteiger partial charge in [-0.15, -0.1) is 6.58 Å². The number of benzene rings is 1. The Morgan fingerprint density at radius 3 is 2.59 bits per heavy atom. The molecular formula is C22H32N4O. The second kappa shape index (κ2) is 11.2. The Morgan fingerprint density at radius 2 is 1.93 bits per heavy atom. The van der Waals surface area contributed by atoms with Gasteiger partial charge in [-0.25, -0.2) is 0 Å². The maximum atomic E-state index is 5.45. The Hall–Kier alpha value is -2.53. The van der Waals surface area contributed by atoms with Crippen LogP contribution in [0.4, 0.5) is 0 Å². The van der Waals surface area contributed by atoms with Crippen molar-refractivity contribution in [3.05, 3.63) is 72.2 Å². The fraction of sp³-hybridized carbons (Fsp3) is 0.409. The molecule has 1 N–H and O–H groups in total. The van der Waals surface area contributed by atoms with Gasteiger partial charge in [0.2, 0.25) is 0 Å². The van der Waals surface area contributed by atoms with E-state index in [1.807, 2.05) is 25.3 Å². The zero-order valence-electron chi connectivity index (χ0n) is 16.8. The summed E-state index contributed by atoms with van der Waals surface area (Å²) in [5.41, 5.74) is 2.59. The number of hydrogen-bond donors (Lipinski definition) is 1. The van der Waals surface area contributed by atoms with Crippen molar-refractivity contribution < 1.29 is 4.42 Å². The van der Waals surface area contributed by atoms with Gasteiger partial charge in [0.15, 0.2) is 5.96 Å². The van der Waals surface area contributed by atoms with Crippen LogP contribution in [-0.4, -0.2) is 43.4 Å². The lowest BCUT2D eigenvalue weighted by atomic mass is 10.1. The summed E-state index contributed by atoms with van der Waals surface area (Å²) in [5, 5.41) is 3.48. The number of nitrogens with zero attached hydrogens (tertiary/aromatic N) is 3. The van der Waals surface area contributed by atoms with Crippen LogP contribution in [0.2, 0.25) is 0 Å². The van der Waals surface area contributed by atoms with Crippen LogP contribution in [-0.2, 0) is 19.6 Å². The maximum absolute atomic E-state index is 5.45. The average Bonchev–Trinajstić information content (AvgIpc) is 3.16. The third-order valence-corrected chi connectivity index (χ3v) is 4.48. The van der Waals surface area contributed by atoms with E-state index in [0.29, 0.717) is 0 Å². The molecule has 0 saturated heterocycles. The van der Waals surface area contributed by atoms with Crippen LogP contribution in [0.5, 0.6) is 0 Å². The minimum absolute atomic E-state index is 0.753. The van der Waals surface area contributed by atoms with Gasteiger partial charge in [0.05, 0.1) is 12.8 Å². The largest absolute Gasteiger partial charge is 0.468 e. The van der Waals surface area contributed by atoms with Crippen molar-refractivity contribution in [1.82, 2.24) is 15.1 Å². The normalized spacial score (nSPS) is 11.6. The second-order valence-corrected chi connectivity index (χ2v) is 6.77. The topological polar surface area (TPSA) is 44.0 Å². The lowest BCUT2D eigenvalue weighted by Gasteiger charge is -2.23. The predicted octanol–water partition coefficient (Wildman–Crippen LogP) is 3.89. The lowest BCUT2D eigenvalue weighted by Crippen LogP contribution is -2.39. The molecule has 0 aliphatic carbocycles. The van der Waals surface area contributed by atoms with E-state index < -0.39 is 0 Å². The first kappa shape index (κ1) is 20.8. The highest BCUT2D eigenvalue weighted by Gasteiger charge is 2.09. The number of nitrogens with one attached hydrogen (secondary N) is 1. The number of hydrogen-bond acceptors (Lipinski definition) is 3. The molecule has 0 aliphatic heterocycles. The first-order chi connectivity index (χ1) is 13.1. The summed E-state index contributed by atoms with van der Waals surface area (Å²) in [6.45, 7) is 7.15. The van der Waals surface area contributed by atoms with Gasteiger partial charge in [-0.05, 0) is 43.1 Å². The molecule has 5 nitrogen and oxygen atoms in total. The third-order valence-electron chi connectivity index (χ3n) is 4.48. The molecule has 0 spiro atoms. The van der Waals surface area contributed by atoms with E-state index in [0.717, 1.165) is 50.7 Å². The summed E-state index contributed by atoms with van der Waals surface area (Å²) in [6.07, 6.45) is 5.78. The van der Waals surface area contributed by atoms with Crippen molar-refractivity contribution in [3.63, 3.8) is 0 Å². The summed E-state index contributed by atoms with van der Waals surface area (Å²) in [6, 6.07) is 12.5. The molecule has 146 valence electrons. The molecule has 2 rings (SSSR count). The molecule has 0 aliphatic rings. The summed E-state index contributed by atoms with van der Waals surface area (Å²) in [7, 11) is 6.01. The highest BCUT2D eigenvalue weighted by molar-refractivity contribution is 5.79. The number of rotatable bonds is 10. The minimum atomic E-state index is 0.753. The predicted molar refractivity (Wildman–Crippen MR) is 113 cm³/mol. The first-order valence-electron chi connectivity index (χ1n) is 9.44. The van der Waals surface area contributed by atoms with E-state index in [1.54, 1.807) is 6.26 Å². The van der Waals surface area contributed by atoms with Gasteiger partial charge in [0.1, 0.15) is 5.76 Å². The molecule has 1 aromatic heterocycles. The highest BCUT2D eigenvalue weighted by Crippen LogP contribution is 2.13. The number of aliphatic imine (C=N–C) groups is 1. The van der Waals surface area contributed by atoms with Crippen molar-refractivity contribution in [2.45, 2.75) is 32.5 Å². The molecule has 0 amide bonds. The molecule has 0 unspecified atom stereocenters. The van der Waals surface area contributed by atoms with Crippen molar-refractivity contribution in [1.29, 1.82) is 0 Å². The van der Waals surface area contributed by atoms with Crippen LogP contribution in [0.3, 0.4) is 0 Å². The van der Waals surface area contributed by atoms with E-state index >= 15 is 0 Å². The van der Waals surface area contributed by atoms with Gasteiger partial charge in [-0.2, -0.15) is 0 Å². The van der Waals surface area contributed by atoms with Gasteiger partial charge >= 0.3 is 0 Å². The van der Waals surface area contributed by atoms with Crippen LogP contribution in [0, 0.1) is 0 Å². The number of unbranched alkanes of at least 4 members (excludes halogenated alkanes) is 1. The lowest BCUT2D eigenvalue weighted by molar-refractivity contribution is 0.287. The van der Waals surface area contributed by atoms with Crippen LogP contribution in [0.25, 0.3) is 0 Å². The minimum Gasteiger partial charge on any atom is -0.468 e. The summed E-state index contributed by atoms with van der Waals surface area (Å²) < 4.78 is 5.45. The van der Waals surface area contributed by atoms with Gasteiger partial charge in [-0.3, -0.25) is 9.89 Å². The fourth-order valence-corrected chi connectivity index (χ4v) is 3.04. The molecule has 5 heteroatoms. The molecule has 0 atom stereocenters. The zero-order chi connectivity index (χ0) is 19.5. The molecule has 0 saturated carbocycles. The van der Waals surface area contributed by atoms with Crippen molar-refractivity contribution >= 4 is 5.96 Å². The molecule has 0 radical (unpaired) electrons. The molecule has 1 aromatic carbocycles. The first-order valence-corrected chi connectivity index (χ1v) is 9.44. The third kappa shape index (κ3) is 6.94. The molecular weight excluding hydrogens is 336 g/mol. The standard InChI is InChI=1S/C22H32N4O/c1-5-6-9-14-26(4)22(23-2)24-16-19-11-7-8-12-20(19)17-25(3)18-21-13-10-15-27-21/h5,7-8,10-13,15H,1,6,9,14,16-18H2,2-4H3,(H,23,24). The smallest absolute Gasteiger partial charge is 0.193 e. The van der Waals surface area contributed by atoms with Crippen molar-refractivity contribution in [2.75, 3.05) is 27.7 Å². The second-order valence-electron chi connectivity index (χ2n) is 6.77. The van der Waals surface area contributed by atoms with Gasteiger partial charge in [-0.1, -0.05) is 30.3 Å². The monoisotopic (exact) mass is 368 g/mol. The van der Waals surface area contributed by atoms with Crippen LogP contribution in [0.15, 0.2) is 64.7 Å². The summed E-state index contributed by atoms with van der Waals surface area (Å²) in [5.74, 6) is 1.90. The Kier molecular flexibility index (Phi) is 8.65. The number of furan rings is 1. The van der Waals surface area contributed by atoms with Crippen LogP contribution < -0.4 is 5.32 Å². The summed E-state index contributed by atoms with van der Waals surface area (Å²) >= 11 is 0. The van der Waals surface area contributed by atoms with E-state index in [1.165, 1.54) is 11.1 Å². The van der Waals surface area contributed by atoms with Crippen LogP contribution in [0.1, 0.15) is 29.7 Å². The molecule has 27 heavy (non-hydrogen) atoms. The number of guanidine groups is 1. The Balaban J connectivity index is 1.93. The quantitative estimate of drug-likeness (QED) is 0.299.